The van der Waals surface area contributed by atoms with E-state index in [1.807, 2.05) is 0 Å². The topological polar surface area (TPSA) is 38.7 Å². The van der Waals surface area contributed by atoms with Gasteiger partial charge < -0.3 is 14.6 Å². The van der Waals surface area contributed by atoms with Gasteiger partial charge in [0.2, 0.25) is 0 Å². The largest absolute Gasteiger partial charge is 0.393 e. The van der Waals surface area contributed by atoms with Gasteiger partial charge in [-0.15, -0.1) is 0 Å². The molecule has 5 aliphatic carbocycles. The number of fused-ring (bicyclic) bond motifs is 2. The van der Waals surface area contributed by atoms with Crippen LogP contribution in [0.15, 0.2) is 0 Å². The Morgan fingerprint density at radius 2 is 1.44 bits per heavy atom. The molecule has 6 rings (SSSR count). The lowest BCUT2D eigenvalue weighted by Gasteiger charge is -2.63. The van der Waals surface area contributed by atoms with Gasteiger partial charge in [0.05, 0.1) is 17.8 Å². The molecule has 3 nitrogen and oxygen atoms in total. The van der Waals surface area contributed by atoms with Crippen LogP contribution in [0.3, 0.4) is 0 Å². The molecule has 1 aliphatic heterocycles. The van der Waals surface area contributed by atoms with Gasteiger partial charge in [0.25, 0.3) is 0 Å². The van der Waals surface area contributed by atoms with Crippen LogP contribution in [0.1, 0.15) is 133 Å². The molecule has 6 aliphatic rings. The van der Waals surface area contributed by atoms with Crippen LogP contribution in [0.4, 0.5) is 0 Å². The minimum Gasteiger partial charge on any atom is -0.393 e. The molecule has 0 aromatic carbocycles. The summed E-state index contributed by atoms with van der Waals surface area (Å²) in [7, 11) is 0. The molecule has 10 atom stereocenters. The Morgan fingerprint density at radius 1 is 0.778 bits per heavy atom. The molecule has 6 fully saturated rings. The van der Waals surface area contributed by atoms with Crippen molar-refractivity contribution in [3.63, 3.8) is 0 Å². The third-order valence-corrected chi connectivity index (χ3v) is 14.4. The van der Waals surface area contributed by atoms with Crippen molar-refractivity contribution < 1.29 is 14.6 Å². The Kier molecular flexibility index (Phi) is 5.47. The molecular formula is C33H56O3. The second-order valence-corrected chi connectivity index (χ2v) is 16.8. The molecule has 0 aromatic heterocycles. The molecular weight excluding hydrogens is 444 g/mol. The van der Waals surface area contributed by atoms with Crippen LogP contribution < -0.4 is 0 Å². The summed E-state index contributed by atoms with van der Waals surface area (Å²) in [5.41, 5.74) is 1.97. The van der Waals surface area contributed by atoms with Crippen molar-refractivity contribution in [2.75, 3.05) is 0 Å². The van der Waals surface area contributed by atoms with Gasteiger partial charge in [-0.05, 0) is 149 Å². The van der Waals surface area contributed by atoms with Crippen molar-refractivity contribution in [3.8, 4) is 0 Å². The van der Waals surface area contributed by atoms with Crippen molar-refractivity contribution in [2.24, 2.45) is 50.7 Å². The van der Waals surface area contributed by atoms with Crippen molar-refractivity contribution in [2.45, 2.75) is 157 Å². The van der Waals surface area contributed by atoms with Crippen molar-refractivity contribution in [1.82, 2.24) is 0 Å². The summed E-state index contributed by atoms with van der Waals surface area (Å²) in [5.74, 6) is 2.73. The van der Waals surface area contributed by atoms with Crippen LogP contribution in [0.25, 0.3) is 0 Å². The van der Waals surface area contributed by atoms with E-state index in [2.05, 4.69) is 62.3 Å². The van der Waals surface area contributed by atoms with E-state index in [0.29, 0.717) is 21.7 Å². The first-order valence-electron chi connectivity index (χ1n) is 15.6. The molecule has 206 valence electrons. The zero-order valence-corrected chi connectivity index (χ0v) is 25.0. The first kappa shape index (κ1) is 26.1. The van der Waals surface area contributed by atoms with Crippen LogP contribution in [-0.4, -0.2) is 28.7 Å². The molecule has 3 heteroatoms. The van der Waals surface area contributed by atoms with Crippen molar-refractivity contribution in [3.05, 3.63) is 0 Å². The van der Waals surface area contributed by atoms with Crippen LogP contribution in [0.5, 0.6) is 0 Å². The van der Waals surface area contributed by atoms with Crippen LogP contribution in [-0.2, 0) is 9.47 Å². The summed E-state index contributed by atoms with van der Waals surface area (Å²) in [6.07, 6.45) is 14.7. The van der Waals surface area contributed by atoms with Crippen molar-refractivity contribution in [1.29, 1.82) is 0 Å². The maximum Gasteiger partial charge on any atom is 0.164 e. The van der Waals surface area contributed by atoms with Gasteiger partial charge in [-0.1, -0.05) is 34.6 Å². The van der Waals surface area contributed by atoms with E-state index in [4.69, 9.17) is 9.47 Å². The van der Waals surface area contributed by atoms with Gasteiger partial charge in [0.15, 0.2) is 5.79 Å². The van der Waals surface area contributed by atoms with E-state index >= 15 is 0 Å². The molecule has 0 bridgehead atoms. The maximum absolute atomic E-state index is 10.9. The van der Waals surface area contributed by atoms with Crippen LogP contribution in [0, 0.1) is 50.7 Å². The van der Waals surface area contributed by atoms with E-state index in [0.717, 1.165) is 36.5 Å². The fourth-order valence-electron chi connectivity index (χ4n) is 12.5. The fourth-order valence-corrected chi connectivity index (χ4v) is 12.5. The predicted molar refractivity (Wildman–Crippen MR) is 145 cm³/mol. The third-order valence-electron chi connectivity index (χ3n) is 14.4. The minimum atomic E-state index is -0.463. The lowest BCUT2D eigenvalue weighted by atomic mass is 9.41. The molecule has 36 heavy (non-hydrogen) atoms. The average Bonchev–Trinajstić information content (AvgIpc) is 3.27. The Balaban J connectivity index is 1.20. The molecule has 5 saturated carbocycles. The lowest BCUT2D eigenvalue weighted by Crippen LogP contribution is -2.57. The van der Waals surface area contributed by atoms with Gasteiger partial charge in [-0.2, -0.15) is 0 Å². The summed E-state index contributed by atoms with van der Waals surface area (Å²) < 4.78 is 12.6. The third kappa shape index (κ3) is 3.15. The summed E-state index contributed by atoms with van der Waals surface area (Å²) in [4.78, 5) is 0. The molecule has 0 unspecified atom stereocenters. The van der Waals surface area contributed by atoms with E-state index in [-0.39, 0.29) is 23.2 Å². The average molecular weight is 501 g/mol. The highest BCUT2D eigenvalue weighted by Gasteiger charge is 2.82. The van der Waals surface area contributed by atoms with E-state index < -0.39 is 5.79 Å². The zero-order valence-electron chi connectivity index (χ0n) is 25.0. The summed E-state index contributed by atoms with van der Waals surface area (Å²) in [6.45, 7) is 21.3. The number of aliphatic hydroxyl groups is 1. The van der Waals surface area contributed by atoms with E-state index in [9.17, 15) is 5.11 Å². The van der Waals surface area contributed by atoms with Gasteiger partial charge in [0, 0.05) is 0 Å². The zero-order chi connectivity index (χ0) is 26.2. The highest BCUT2D eigenvalue weighted by molar-refractivity contribution is 5.30. The normalized spacial score (nSPS) is 54.7. The fraction of sp³-hybridized carbons (Fsp3) is 1.00. The first-order chi connectivity index (χ1) is 16.5. The maximum atomic E-state index is 10.9. The second-order valence-electron chi connectivity index (χ2n) is 16.8. The van der Waals surface area contributed by atoms with Crippen LogP contribution in [0.2, 0.25) is 0 Å². The quantitative estimate of drug-likeness (QED) is 0.423. The smallest absolute Gasteiger partial charge is 0.164 e. The summed E-state index contributed by atoms with van der Waals surface area (Å²) in [6, 6.07) is 0. The SMILES string of the molecule is C[C@H](CC[C@H]1OC(C)(C)OC1(C)C)[C@H]1CC[C@@]2(C)[C@@H]3CC[C@H]4C(C)(C)[C@@H](O)CC[C@@]45C[C@@]35CC[C@]12C. The monoisotopic (exact) mass is 500 g/mol. The molecule has 1 saturated heterocycles. The minimum absolute atomic E-state index is 0.0927. The van der Waals surface area contributed by atoms with Gasteiger partial charge in [0.1, 0.15) is 0 Å². The molecule has 1 N–H and O–H groups in total. The van der Waals surface area contributed by atoms with E-state index in [1.165, 1.54) is 57.8 Å². The molecule has 0 radical (unpaired) electrons. The van der Waals surface area contributed by atoms with Crippen molar-refractivity contribution >= 4 is 0 Å². The lowest BCUT2D eigenvalue weighted by molar-refractivity contribution is -0.162. The predicted octanol–water partition coefficient (Wildman–Crippen LogP) is 8.13. The Labute approximate surface area is 221 Å². The Hall–Kier alpha value is -0.120. The summed E-state index contributed by atoms with van der Waals surface area (Å²) >= 11 is 0. The molecule has 2 spiro atoms. The highest BCUT2D eigenvalue weighted by Crippen LogP contribution is 2.89. The summed E-state index contributed by atoms with van der Waals surface area (Å²) in [5, 5.41) is 10.9. The highest BCUT2D eigenvalue weighted by atomic mass is 16.8. The number of hydrogen-bond acceptors (Lipinski definition) is 3. The van der Waals surface area contributed by atoms with Gasteiger partial charge in [-0.3, -0.25) is 0 Å². The van der Waals surface area contributed by atoms with Crippen LogP contribution >= 0.6 is 0 Å². The van der Waals surface area contributed by atoms with Gasteiger partial charge >= 0.3 is 0 Å². The van der Waals surface area contributed by atoms with Gasteiger partial charge in [-0.25, -0.2) is 0 Å². The molecule has 0 amide bonds. The molecule has 0 aromatic rings. The first-order valence-corrected chi connectivity index (χ1v) is 15.6. The second kappa shape index (κ2) is 7.54. The number of ether oxygens (including phenoxy) is 2. The Morgan fingerprint density at radius 3 is 2.11 bits per heavy atom. The number of aliphatic hydroxyl groups excluding tert-OH is 1. The number of rotatable bonds is 4. The number of hydrogen-bond donors (Lipinski definition) is 1. The standard InChI is InChI=1S/C33H56O3/c1-21(10-13-26-28(4,5)36-29(6,7)35-26)22-14-16-31(9)24-12-11-23-27(2,3)25(34)15-17-32(23)20-33(24,32)19-18-30(22,31)8/h21-26,34H,10-20H2,1-9H3/t21-,22-,23+,24+,25+,26-,30-,31+,32-,33+/m1/s1. The molecule has 1 heterocycles. The van der Waals surface area contributed by atoms with E-state index in [1.54, 1.807) is 0 Å². The Bertz CT molecular complexity index is 907.